The van der Waals surface area contributed by atoms with E-state index in [4.69, 9.17) is 0 Å². The van der Waals surface area contributed by atoms with Gasteiger partial charge in [0, 0.05) is 6.54 Å². The molecular formula is C27H32N2O3S. The zero-order chi connectivity index (χ0) is 24.0. The van der Waals surface area contributed by atoms with Gasteiger partial charge < -0.3 is 5.32 Å². The summed E-state index contributed by atoms with van der Waals surface area (Å²) in [5, 5.41) is 2.93. The lowest BCUT2D eigenvalue weighted by atomic mass is 10.0. The third-order valence-electron chi connectivity index (χ3n) is 5.93. The number of hydrogen-bond donors (Lipinski definition) is 1. The highest BCUT2D eigenvalue weighted by molar-refractivity contribution is 7.92. The smallest absolute Gasteiger partial charge is 0.264 e. The molecule has 0 aliphatic rings. The Bertz CT molecular complexity index is 1220. The fourth-order valence-electron chi connectivity index (χ4n) is 3.70. The molecule has 0 spiro atoms. The van der Waals surface area contributed by atoms with Crippen LogP contribution in [-0.2, 0) is 34.2 Å². The van der Waals surface area contributed by atoms with Gasteiger partial charge in [0.25, 0.3) is 10.0 Å². The number of benzene rings is 3. The topological polar surface area (TPSA) is 66.5 Å². The van der Waals surface area contributed by atoms with Crippen LogP contribution >= 0.6 is 0 Å². The predicted octanol–water partition coefficient (Wildman–Crippen LogP) is 4.94. The highest BCUT2D eigenvalue weighted by Crippen LogP contribution is 2.25. The van der Waals surface area contributed by atoms with E-state index in [1.165, 1.54) is 15.4 Å². The van der Waals surface area contributed by atoms with Crippen LogP contribution in [0.15, 0.2) is 71.6 Å². The van der Waals surface area contributed by atoms with E-state index in [0.29, 0.717) is 12.2 Å². The van der Waals surface area contributed by atoms with Crippen LogP contribution in [0.4, 0.5) is 5.69 Å². The first-order valence-corrected chi connectivity index (χ1v) is 12.7. The minimum atomic E-state index is -3.91. The molecule has 1 amide bonds. The van der Waals surface area contributed by atoms with Crippen LogP contribution in [0.1, 0.15) is 41.7 Å². The maximum atomic E-state index is 13.5. The monoisotopic (exact) mass is 464 g/mol. The van der Waals surface area contributed by atoms with E-state index in [1.807, 2.05) is 26.0 Å². The molecule has 33 heavy (non-hydrogen) atoms. The fraction of sp³-hybridized carbons (Fsp3) is 0.296. The van der Waals surface area contributed by atoms with Gasteiger partial charge in [0.15, 0.2) is 0 Å². The van der Waals surface area contributed by atoms with E-state index >= 15 is 0 Å². The van der Waals surface area contributed by atoms with Crippen LogP contribution in [0.25, 0.3) is 0 Å². The lowest BCUT2D eigenvalue weighted by Gasteiger charge is -2.25. The number of nitrogens with zero attached hydrogens (tertiary/aromatic N) is 1. The second-order valence-electron chi connectivity index (χ2n) is 8.18. The molecule has 0 aliphatic carbocycles. The minimum absolute atomic E-state index is 0.153. The third kappa shape index (κ3) is 5.82. The highest BCUT2D eigenvalue weighted by atomic mass is 32.2. The van der Waals surface area contributed by atoms with Gasteiger partial charge in [0.1, 0.15) is 6.54 Å². The predicted molar refractivity (Wildman–Crippen MR) is 134 cm³/mol. The second-order valence-corrected chi connectivity index (χ2v) is 10.0. The number of aryl methyl sites for hydroxylation is 4. The molecule has 5 nitrogen and oxygen atoms in total. The van der Waals surface area contributed by atoms with Crippen LogP contribution in [0, 0.1) is 13.8 Å². The molecule has 0 saturated heterocycles. The number of rotatable bonds is 9. The summed E-state index contributed by atoms with van der Waals surface area (Å²) < 4.78 is 28.1. The van der Waals surface area contributed by atoms with Gasteiger partial charge in [-0.1, -0.05) is 56.3 Å². The first-order valence-electron chi connectivity index (χ1n) is 11.3. The third-order valence-corrected chi connectivity index (χ3v) is 7.72. The van der Waals surface area contributed by atoms with Crippen molar-refractivity contribution >= 4 is 21.6 Å². The van der Waals surface area contributed by atoms with Crippen LogP contribution in [0.3, 0.4) is 0 Å². The summed E-state index contributed by atoms with van der Waals surface area (Å²) in [5.41, 5.74) is 5.94. The molecule has 0 atom stereocenters. The Kier molecular flexibility index (Phi) is 7.92. The first-order chi connectivity index (χ1) is 15.8. The maximum absolute atomic E-state index is 13.5. The summed E-state index contributed by atoms with van der Waals surface area (Å²) in [5.74, 6) is -0.350. The van der Waals surface area contributed by atoms with Crippen molar-refractivity contribution < 1.29 is 13.2 Å². The molecule has 0 saturated carbocycles. The van der Waals surface area contributed by atoms with Crippen LogP contribution in [0.2, 0.25) is 0 Å². The van der Waals surface area contributed by atoms with Crippen molar-refractivity contribution in [1.29, 1.82) is 0 Å². The van der Waals surface area contributed by atoms with E-state index in [0.717, 1.165) is 29.5 Å². The molecule has 0 aromatic heterocycles. The average molecular weight is 465 g/mol. The van der Waals surface area contributed by atoms with Gasteiger partial charge in [0.05, 0.1) is 10.6 Å². The van der Waals surface area contributed by atoms with Crippen molar-refractivity contribution in [1.82, 2.24) is 5.32 Å². The molecule has 0 fully saturated rings. The Morgan fingerprint density at radius 3 is 2.21 bits per heavy atom. The molecule has 0 bridgehead atoms. The molecule has 3 aromatic carbocycles. The number of nitrogens with one attached hydrogen (secondary N) is 1. The van der Waals surface area contributed by atoms with Crippen LogP contribution in [-0.4, -0.2) is 20.9 Å². The van der Waals surface area contributed by atoms with Gasteiger partial charge >= 0.3 is 0 Å². The van der Waals surface area contributed by atoms with Crippen molar-refractivity contribution in [2.45, 2.75) is 52.0 Å². The van der Waals surface area contributed by atoms with Crippen molar-refractivity contribution in [3.05, 3.63) is 94.5 Å². The Hall–Kier alpha value is -3.12. The van der Waals surface area contributed by atoms with E-state index < -0.39 is 10.0 Å². The molecular weight excluding hydrogens is 432 g/mol. The van der Waals surface area contributed by atoms with Gasteiger partial charge in [-0.2, -0.15) is 0 Å². The zero-order valence-corrected chi connectivity index (χ0v) is 20.6. The largest absolute Gasteiger partial charge is 0.350 e. The fourth-order valence-corrected chi connectivity index (χ4v) is 5.14. The Balaban J connectivity index is 1.88. The Morgan fingerprint density at radius 2 is 1.58 bits per heavy atom. The van der Waals surface area contributed by atoms with Gasteiger partial charge in [-0.3, -0.25) is 9.10 Å². The van der Waals surface area contributed by atoms with Crippen LogP contribution < -0.4 is 9.62 Å². The number of amides is 1. The van der Waals surface area contributed by atoms with Crippen molar-refractivity contribution in [2.24, 2.45) is 0 Å². The van der Waals surface area contributed by atoms with E-state index in [2.05, 4.69) is 37.4 Å². The van der Waals surface area contributed by atoms with Gasteiger partial charge in [-0.25, -0.2) is 8.42 Å². The lowest BCUT2D eigenvalue weighted by Crippen LogP contribution is -2.40. The van der Waals surface area contributed by atoms with Gasteiger partial charge in [-0.05, 0) is 78.8 Å². The minimum Gasteiger partial charge on any atom is -0.350 e. The molecule has 0 heterocycles. The molecule has 0 unspecified atom stereocenters. The summed E-state index contributed by atoms with van der Waals surface area (Å²) in [6, 6.07) is 20.0. The summed E-state index contributed by atoms with van der Waals surface area (Å²) in [6.07, 6.45) is 1.78. The molecule has 3 rings (SSSR count). The lowest BCUT2D eigenvalue weighted by molar-refractivity contribution is -0.119. The summed E-state index contributed by atoms with van der Waals surface area (Å²) in [7, 11) is -3.91. The number of carbonyl (C=O) groups excluding carboxylic acids is 1. The SMILES string of the molecule is CCc1ccc(CC)c(CNC(=O)CN(c2ccc(C)c(C)c2)S(=O)(=O)c2ccccc2)c1. The standard InChI is InChI=1S/C27H32N2O3S/c1-5-22-13-14-23(6-2)24(17-22)18-28-27(30)19-29(25-15-12-20(3)21(4)16-25)33(31,32)26-10-8-7-9-11-26/h7-17H,5-6,18-19H2,1-4H3,(H,28,30). The van der Waals surface area contributed by atoms with E-state index in [1.54, 1.807) is 36.4 Å². The van der Waals surface area contributed by atoms with Crippen molar-refractivity contribution in [3.63, 3.8) is 0 Å². The van der Waals surface area contributed by atoms with Crippen molar-refractivity contribution in [3.8, 4) is 0 Å². The molecule has 0 aliphatic heterocycles. The second kappa shape index (κ2) is 10.7. The van der Waals surface area contributed by atoms with E-state index in [-0.39, 0.29) is 17.3 Å². The Morgan fingerprint density at radius 1 is 0.848 bits per heavy atom. The molecule has 0 radical (unpaired) electrons. The van der Waals surface area contributed by atoms with Crippen LogP contribution in [0.5, 0.6) is 0 Å². The quantitative estimate of drug-likeness (QED) is 0.488. The maximum Gasteiger partial charge on any atom is 0.264 e. The summed E-state index contributed by atoms with van der Waals surface area (Å²) >= 11 is 0. The van der Waals surface area contributed by atoms with E-state index in [9.17, 15) is 13.2 Å². The zero-order valence-electron chi connectivity index (χ0n) is 19.8. The molecule has 6 heteroatoms. The highest BCUT2D eigenvalue weighted by Gasteiger charge is 2.27. The molecule has 174 valence electrons. The normalized spacial score (nSPS) is 11.3. The van der Waals surface area contributed by atoms with Crippen molar-refractivity contribution in [2.75, 3.05) is 10.8 Å². The average Bonchev–Trinajstić information content (AvgIpc) is 2.83. The number of sulfonamides is 1. The summed E-state index contributed by atoms with van der Waals surface area (Å²) in [6.45, 7) is 8.15. The first kappa shape index (κ1) is 24.5. The Labute approximate surface area is 197 Å². The van der Waals surface area contributed by atoms with Gasteiger partial charge in [0.2, 0.25) is 5.91 Å². The molecule has 1 N–H and O–H groups in total. The van der Waals surface area contributed by atoms with Gasteiger partial charge in [-0.15, -0.1) is 0 Å². The number of carbonyl (C=O) groups is 1. The molecule has 3 aromatic rings. The summed E-state index contributed by atoms with van der Waals surface area (Å²) in [4.78, 5) is 13.1. The number of hydrogen-bond acceptors (Lipinski definition) is 3. The number of anilines is 1.